The Kier molecular flexibility index (Phi) is 6.42. The number of Topliss-reactive ketones (excluding diaryl/α,β-unsaturated/α-hetero) is 1. The fourth-order valence-corrected chi connectivity index (χ4v) is 4.20. The predicted octanol–water partition coefficient (Wildman–Crippen LogP) is 4.55. The van der Waals surface area contributed by atoms with E-state index in [2.05, 4.69) is 20.5 Å². The van der Waals surface area contributed by atoms with Gasteiger partial charge in [-0.2, -0.15) is 0 Å². The lowest BCUT2D eigenvalue weighted by Crippen LogP contribution is -2.19. The molecule has 1 N–H and O–H groups in total. The predicted molar refractivity (Wildman–Crippen MR) is 124 cm³/mol. The SMILES string of the molecule is CC(=O)c1cccc(NC(=O)C(Sc2nnc(-c3ccncc3)n2C)c2ccccc2)c1. The van der Waals surface area contributed by atoms with E-state index in [1.807, 2.05) is 54.1 Å². The van der Waals surface area contributed by atoms with E-state index in [1.54, 1.807) is 36.7 Å². The zero-order valence-electron chi connectivity index (χ0n) is 17.6. The Hall–Kier alpha value is -3.78. The van der Waals surface area contributed by atoms with Crippen LogP contribution in [0.15, 0.2) is 84.3 Å². The van der Waals surface area contributed by atoms with Crippen molar-refractivity contribution in [1.29, 1.82) is 0 Å². The molecule has 32 heavy (non-hydrogen) atoms. The second-order valence-corrected chi connectivity index (χ2v) is 8.21. The van der Waals surface area contributed by atoms with Gasteiger partial charge >= 0.3 is 0 Å². The van der Waals surface area contributed by atoms with E-state index in [0.29, 0.717) is 22.2 Å². The van der Waals surface area contributed by atoms with Crippen LogP contribution in [0.3, 0.4) is 0 Å². The van der Waals surface area contributed by atoms with Gasteiger partial charge in [-0.1, -0.05) is 54.2 Å². The average molecular weight is 444 g/mol. The molecule has 0 bridgehead atoms. The first-order valence-corrected chi connectivity index (χ1v) is 10.8. The summed E-state index contributed by atoms with van der Waals surface area (Å²) in [7, 11) is 1.87. The molecule has 0 spiro atoms. The first kappa shape index (κ1) is 21.5. The maximum Gasteiger partial charge on any atom is 0.242 e. The number of nitrogens with one attached hydrogen (secondary N) is 1. The molecule has 160 valence electrons. The van der Waals surface area contributed by atoms with Gasteiger partial charge in [0.15, 0.2) is 16.8 Å². The number of carbonyl (C=O) groups is 2. The summed E-state index contributed by atoms with van der Waals surface area (Å²) in [4.78, 5) is 29.0. The molecule has 4 aromatic rings. The Labute approximate surface area is 189 Å². The van der Waals surface area contributed by atoms with E-state index in [-0.39, 0.29) is 11.7 Å². The molecule has 1 unspecified atom stereocenters. The molecular weight excluding hydrogens is 422 g/mol. The smallest absolute Gasteiger partial charge is 0.242 e. The number of nitrogens with zero attached hydrogens (tertiary/aromatic N) is 4. The van der Waals surface area contributed by atoms with Crippen LogP contribution in [0.25, 0.3) is 11.4 Å². The van der Waals surface area contributed by atoms with E-state index in [0.717, 1.165) is 11.1 Å². The number of aromatic nitrogens is 4. The molecule has 8 heteroatoms. The molecule has 0 radical (unpaired) electrons. The summed E-state index contributed by atoms with van der Waals surface area (Å²) in [5, 5.41) is 11.6. The Balaban J connectivity index is 1.62. The summed E-state index contributed by atoms with van der Waals surface area (Å²) in [6.45, 7) is 1.50. The average Bonchev–Trinajstić information content (AvgIpc) is 3.18. The van der Waals surface area contributed by atoms with Gasteiger partial charge in [-0.3, -0.25) is 14.6 Å². The number of pyridine rings is 1. The van der Waals surface area contributed by atoms with Gasteiger partial charge in [0.05, 0.1) is 0 Å². The van der Waals surface area contributed by atoms with Crippen molar-refractivity contribution in [2.45, 2.75) is 17.3 Å². The number of amides is 1. The Morgan fingerprint density at radius 2 is 1.72 bits per heavy atom. The monoisotopic (exact) mass is 443 g/mol. The van der Waals surface area contributed by atoms with Gasteiger partial charge in [0, 0.05) is 36.3 Å². The summed E-state index contributed by atoms with van der Waals surface area (Å²) >= 11 is 1.32. The highest BCUT2D eigenvalue weighted by molar-refractivity contribution is 8.00. The number of benzene rings is 2. The highest BCUT2D eigenvalue weighted by Gasteiger charge is 2.25. The van der Waals surface area contributed by atoms with Crippen molar-refractivity contribution >= 4 is 29.1 Å². The molecule has 1 amide bonds. The Morgan fingerprint density at radius 3 is 2.44 bits per heavy atom. The minimum atomic E-state index is -0.564. The van der Waals surface area contributed by atoms with Gasteiger partial charge in [-0.05, 0) is 36.8 Å². The number of carbonyl (C=O) groups excluding carboxylic acids is 2. The van der Waals surface area contributed by atoms with Crippen LogP contribution in [0.4, 0.5) is 5.69 Å². The largest absolute Gasteiger partial charge is 0.325 e. The second-order valence-electron chi connectivity index (χ2n) is 7.14. The summed E-state index contributed by atoms with van der Waals surface area (Å²) in [6.07, 6.45) is 3.40. The Morgan fingerprint density at radius 1 is 0.969 bits per heavy atom. The molecule has 0 aliphatic rings. The van der Waals surface area contributed by atoms with Crippen molar-refractivity contribution in [2.75, 3.05) is 5.32 Å². The standard InChI is InChI=1S/C24H21N5O2S/c1-16(30)19-9-6-10-20(15-19)26-23(31)21(17-7-4-3-5-8-17)32-24-28-27-22(29(24)2)18-11-13-25-14-12-18/h3-15,21H,1-2H3,(H,26,31). The summed E-state index contributed by atoms with van der Waals surface area (Å²) < 4.78 is 1.86. The summed E-state index contributed by atoms with van der Waals surface area (Å²) in [5.74, 6) is 0.421. The van der Waals surface area contributed by atoms with Crippen molar-refractivity contribution in [1.82, 2.24) is 19.7 Å². The fraction of sp³-hybridized carbons (Fsp3) is 0.125. The van der Waals surface area contributed by atoms with E-state index >= 15 is 0 Å². The number of ketones is 1. The highest BCUT2D eigenvalue weighted by atomic mass is 32.2. The van der Waals surface area contributed by atoms with E-state index in [1.165, 1.54) is 18.7 Å². The minimum absolute atomic E-state index is 0.0576. The van der Waals surface area contributed by atoms with Crippen LogP contribution in [0.5, 0.6) is 0 Å². The Bertz CT molecular complexity index is 1240. The lowest BCUT2D eigenvalue weighted by molar-refractivity contribution is -0.115. The molecular formula is C24H21N5O2S. The fourth-order valence-electron chi connectivity index (χ4n) is 3.20. The zero-order valence-corrected chi connectivity index (χ0v) is 18.4. The van der Waals surface area contributed by atoms with Gasteiger partial charge < -0.3 is 9.88 Å². The van der Waals surface area contributed by atoms with Crippen molar-refractivity contribution in [3.05, 3.63) is 90.3 Å². The molecule has 0 saturated heterocycles. The number of rotatable bonds is 7. The lowest BCUT2D eigenvalue weighted by Gasteiger charge is -2.17. The van der Waals surface area contributed by atoms with Gasteiger partial charge in [0.25, 0.3) is 0 Å². The highest BCUT2D eigenvalue weighted by Crippen LogP contribution is 2.36. The van der Waals surface area contributed by atoms with Crippen LogP contribution in [-0.2, 0) is 11.8 Å². The lowest BCUT2D eigenvalue weighted by atomic mass is 10.1. The number of thioether (sulfide) groups is 1. The third-order valence-corrected chi connectivity index (χ3v) is 6.16. The minimum Gasteiger partial charge on any atom is -0.325 e. The maximum absolute atomic E-state index is 13.3. The summed E-state index contributed by atoms with van der Waals surface area (Å²) in [6, 6.07) is 20.1. The molecule has 2 heterocycles. The molecule has 4 rings (SSSR count). The molecule has 0 aliphatic carbocycles. The first-order valence-electron chi connectivity index (χ1n) is 9.96. The number of hydrogen-bond donors (Lipinski definition) is 1. The van der Waals surface area contributed by atoms with E-state index in [9.17, 15) is 9.59 Å². The van der Waals surface area contributed by atoms with E-state index < -0.39 is 5.25 Å². The van der Waals surface area contributed by atoms with Crippen molar-refractivity contribution in [2.24, 2.45) is 7.05 Å². The van der Waals surface area contributed by atoms with Crippen LogP contribution in [0, 0.1) is 0 Å². The number of hydrogen-bond acceptors (Lipinski definition) is 6. The van der Waals surface area contributed by atoms with Crippen LogP contribution in [0.1, 0.15) is 28.1 Å². The number of anilines is 1. The van der Waals surface area contributed by atoms with Gasteiger partial charge in [-0.25, -0.2) is 0 Å². The molecule has 2 aromatic carbocycles. The van der Waals surface area contributed by atoms with Crippen LogP contribution in [0.2, 0.25) is 0 Å². The van der Waals surface area contributed by atoms with Crippen LogP contribution in [-0.4, -0.2) is 31.4 Å². The second kappa shape index (κ2) is 9.57. The van der Waals surface area contributed by atoms with E-state index in [4.69, 9.17) is 0 Å². The molecule has 0 aliphatic heterocycles. The van der Waals surface area contributed by atoms with Gasteiger partial charge in [-0.15, -0.1) is 10.2 Å². The quantitative estimate of drug-likeness (QED) is 0.333. The molecule has 0 fully saturated rings. The van der Waals surface area contributed by atoms with Crippen molar-refractivity contribution in [3.8, 4) is 11.4 Å². The normalized spacial score (nSPS) is 11.7. The van der Waals surface area contributed by atoms with Crippen molar-refractivity contribution in [3.63, 3.8) is 0 Å². The summed E-state index contributed by atoms with van der Waals surface area (Å²) in [5.41, 5.74) is 2.84. The van der Waals surface area contributed by atoms with Gasteiger partial charge in [0.1, 0.15) is 5.25 Å². The molecule has 0 saturated carbocycles. The van der Waals surface area contributed by atoms with Crippen molar-refractivity contribution < 1.29 is 9.59 Å². The van der Waals surface area contributed by atoms with Crippen LogP contribution >= 0.6 is 11.8 Å². The molecule has 2 aromatic heterocycles. The molecule has 1 atom stereocenters. The first-order chi connectivity index (χ1) is 15.5. The maximum atomic E-state index is 13.3. The third kappa shape index (κ3) is 4.76. The van der Waals surface area contributed by atoms with Gasteiger partial charge in [0.2, 0.25) is 5.91 Å². The zero-order chi connectivity index (χ0) is 22.5. The topological polar surface area (TPSA) is 89.8 Å². The molecule has 7 nitrogen and oxygen atoms in total. The third-order valence-electron chi connectivity index (χ3n) is 4.87. The van der Waals surface area contributed by atoms with Crippen LogP contribution < -0.4 is 5.32 Å².